The van der Waals surface area contributed by atoms with Gasteiger partial charge >= 0.3 is 6.18 Å². The number of rotatable bonds is 5. The fraction of sp³-hybridized carbons (Fsp3) is 0.500. The quantitative estimate of drug-likeness (QED) is 0.699. The Balaban J connectivity index is 1.58. The zero-order chi connectivity index (χ0) is 20.6. The first-order valence-electron chi connectivity index (χ1n) is 9.61. The SMILES string of the molecule is O=c1ccn([C@H]2CC[C@H](COCC(F)(F)F)CC2)c2c1cnc1c2ccn1CO. The molecule has 3 aromatic heterocycles. The monoisotopic (exact) mass is 409 g/mol. The van der Waals surface area contributed by atoms with E-state index < -0.39 is 12.8 Å². The molecule has 6 nitrogen and oxygen atoms in total. The van der Waals surface area contributed by atoms with Crippen LogP contribution in [-0.4, -0.2) is 38.6 Å². The summed E-state index contributed by atoms with van der Waals surface area (Å²) in [5.41, 5.74) is 1.27. The molecule has 1 aliphatic rings. The number of nitrogens with zero attached hydrogens (tertiary/aromatic N) is 3. The van der Waals surface area contributed by atoms with Gasteiger partial charge in [0.25, 0.3) is 0 Å². The number of hydrogen-bond acceptors (Lipinski definition) is 4. The zero-order valence-electron chi connectivity index (χ0n) is 15.7. The highest BCUT2D eigenvalue weighted by atomic mass is 19.4. The first kappa shape index (κ1) is 19.9. The predicted molar refractivity (Wildman–Crippen MR) is 102 cm³/mol. The maximum Gasteiger partial charge on any atom is 0.411 e. The molecule has 0 spiro atoms. The van der Waals surface area contributed by atoms with E-state index in [4.69, 9.17) is 4.74 Å². The first-order chi connectivity index (χ1) is 13.9. The Morgan fingerprint density at radius 3 is 2.59 bits per heavy atom. The van der Waals surface area contributed by atoms with E-state index in [9.17, 15) is 23.1 Å². The van der Waals surface area contributed by atoms with Crippen molar-refractivity contribution >= 4 is 21.9 Å². The number of halogens is 3. The van der Waals surface area contributed by atoms with Crippen molar-refractivity contribution < 1.29 is 23.0 Å². The summed E-state index contributed by atoms with van der Waals surface area (Å²) in [7, 11) is 0. The Kier molecular flexibility index (Phi) is 5.35. The molecule has 9 heteroatoms. The Hall–Kier alpha value is -2.39. The lowest BCUT2D eigenvalue weighted by Crippen LogP contribution is -2.25. The molecular formula is C20H22F3N3O3. The van der Waals surface area contributed by atoms with Crippen molar-refractivity contribution in [3.05, 3.63) is 40.9 Å². The van der Waals surface area contributed by atoms with Gasteiger partial charge in [-0.15, -0.1) is 0 Å². The molecule has 0 radical (unpaired) electrons. The van der Waals surface area contributed by atoms with Crippen LogP contribution in [0.1, 0.15) is 31.7 Å². The van der Waals surface area contributed by atoms with Gasteiger partial charge in [-0.1, -0.05) is 0 Å². The van der Waals surface area contributed by atoms with E-state index >= 15 is 0 Å². The van der Waals surface area contributed by atoms with Crippen LogP contribution in [0.15, 0.2) is 35.5 Å². The Labute approximate surface area is 164 Å². The van der Waals surface area contributed by atoms with Crippen LogP contribution in [0.3, 0.4) is 0 Å². The van der Waals surface area contributed by atoms with E-state index in [2.05, 4.69) is 9.55 Å². The van der Waals surface area contributed by atoms with Gasteiger partial charge in [-0.2, -0.15) is 13.2 Å². The lowest BCUT2D eigenvalue weighted by molar-refractivity contribution is -0.177. The molecule has 0 saturated heterocycles. The number of aromatic nitrogens is 3. The van der Waals surface area contributed by atoms with E-state index in [1.54, 1.807) is 23.2 Å². The van der Waals surface area contributed by atoms with Gasteiger partial charge in [0.2, 0.25) is 0 Å². The lowest BCUT2D eigenvalue weighted by atomic mass is 9.86. The molecule has 3 heterocycles. The molecule has 0 unspecified atom stereocenters. The van der Waals surface area contributed by atoms with Crippen molar-refractivity contribution in [3.63, 3.8) is 0 Å². The van der Waals surface area contributed by atoms with Crippen molar-refractivity contribution in [2.24, 2.45) is 5.92 Å². The first-order valence-corrected chi connectivity index (χ1v) is 9.61. The maximum absolute atomic E-state index is 12.4. The van der Waals surface area contributed by atoms with Crippen LogP contribution in [0.25, 0.3) is 21.9 Å². The average Bonchev–Trinajstić information content (AvgIpc) is 3.11. The van der Waals surface area contributed by atoms with Gasteiger partial charge in [0, 0.05) is 42.7 Å². The number of ether oxygens (including phenoxy) is 1. The minimum absolute atomic E-state index is 0.108. The van der Waals surface area contributed by atoms with Crippen LogP contribution in [0.4, 0.5) is 13.2 Å². The Morgan fingerprint density at radius 2 is 1.90 bits per heavy atom. The molecule has 1 fully saturated rings. The van der Waals surface area contributed by atoms with Gasteiger partial charge in [0.1, 0.15) is 19.0 Å². The number of aliphatic hydroxyl groups is 1. The summed E-state index contributed by atoms with van der Waals surface area (Å²) in [6.07, 6.45) is 3.88. The second kappa shape index (κ2) is 7.79. The van der Waals surface area contributed by atoms with Crippen LogP contribution in [0.5, 0.6) is 0 Å². The Morgan fingerprint density at radius 1 is 1.14 bits per heavy atom. The molecule has 1 saturated carbocycles. The third-order valence-corrected chi connectivity index (χ3v) is 5.65. The van der Waals surface area contributed by atoms with Gasteiger partial charge in [0.05, 0.1) is 10.9 Å². The third kappa shape index (κ3) is 4.02. The Bertz CT molecular complexity index is 1070. The minimum Gasteiger partial charge on any atom is -0.376 e. The molecule has 0 aliphatic heterocycles. The summed E-state index contributed by atoms with van der Waals surface area (Å²) in [6, 6.07) is 3.50. The van der Waals surface area contributed by atoms with Crippen LogP contribution >= 0.6 is 0 Å². The third-order valence-electron chi connectivity index (χ3n) is 5.65. The van der Waals surface area contributed by atoms with Gasteiger partial charge in [-0.3, -0.25) is 4.79 Å². The molecule has 156 valence electrons. The summed E-state index contributed by atoms with van der Waals surface area (Å²) >= 11 is 0. The maximum atomic E-state index is 12.4. The van der Waals surface area contributed by atoms with E-state index in [1.165, 1.54) is 6.07 Å². The summed E-state index contributed by atoms with van der Waals surface area (Å²) in [4.78, 5) is 16.7. The fourth-order valence-electron chi connectivity index (χ4n) is 4.25. The molecule has 3 aromatic rings. The van der Waals surface area contributed by atoms with Crippen LogP contribution in [0, 0.1) is 5.92 Å². The molecule has 0 bridgehead atoms. The molecule has 0 aromatic carbocycles. The molecule has 0 atom stereocenters. The van der Waals surface area contributed by atoms with Crippen molar-refractivity contribution in [2.45, 2.75) is 44.6 Å². The van der Waals surface area contributed by atoms with E-state index in [0.29, 0.717) is 11.0 Å². The normalized spacial score (nSPS) is 20.6. The van der Waals surface area contributed by atoms with Gasteiger partial charge in [0.15, 0.2) is 5.43 Å². The largest absolute Gasteiger partial charge is 0.411 e. The highest BCUT2D eigenvalue weighted by Gasteiger charge is 2.29. The van der Waals surface area contributed by atoms with Gasteiger partial charge in [-0.25, -0.2) is 4.98 Å². The zero-order valence-corrected chi connectivity index (χ0v) is 15.7. The van der Waals surface area contributed by atoms with Crippen molar-refractivity contribution in [3.8, 4) is 0 Å². The highest BCUT2D eigenvalue weighted by Crippen LogP contribution is 2.35. The summed E-state index contributed by atoms with van der Waals surface area (Å²) < 4.78 is 45.3. The van der Waals surface area contributed by atoms with Crippen LogP contribution in [0.2, 0.25) is 0 Å². The number of alkyl halides is 3. The van der Waals surface area contributed by atoms with Crippen molar-refractivity contribution in [1.29, 1.82) is 0 Å². The van der Waals surface area contributed by atoms with E-state index in [-0.39, 0.29) is 30.7 Å². The molecular weight excluding hydrogens is 387 g/mol. The van der Waals surface area contributed by atoms with Crippen LogP contribution in [-0.2, 0) is 11.5 Å². The molecule has 0 amide bonds. The predicted octanol–water partition coefficient (Wildman–Crippen LogP) is 3.61. The van der Waals surface area contributed by atoms with E-state index in [1.807, 2.05) is 6.07 Å². The minimum atomic E-state index is -4.30. The molecule has 4 rings (SSSR count). The molecule has 1 aliphatic carbocycles. The van der Waals surface area contributed by atoms with E-state index in [0.717, 1.165) is 36.6 Å². The van der Waals surface area contributed by atoms with Crippen molar-refractivity contribution in [1.82, 2.24) is 14.1 Å². The van der Waals surface area contributed by atoms with Crippen LogP contribution < -0.4 is 5.43 Å². The number of aliphatic hydroxyl groups excluding tert-OH is 1. The average molecular weight is 409 g/mol. The smallest absolute Gasteiger partial charge is 0.376 e. The lowest BCUT2D eigenvalue weighted by Gasteiger charge is -2.31. The summed E-state index contributed by atoms with van der Waals surface area (Å²) in [6.45, 7) is -1.29. The summed E-state index contributed by atoms with van der Waals surface area (Å²) in [5.74, 6) is 0.108. The molecule has 29 heavy (non-hydrogen) atoms. The fourth-order valence-corrected chi connectivity index (χ4v) is 4.25. The summed E-state index contributed by atoms with van der Waals surface area (Å²) in [5, 5.41) is 10.8. The van der Waals surface area contributed by atoms with Gasteiger partial charge < -0.3 is 19.0 Å². The number of fused-ring (bicyclic) bond motifs is 3. The number of hydrogen-bond donors (Lipinski definition) is 1. The molecule has 1 N–H and O–H groups in total. The number of pyridine rings is 2. The second-order valence-corrected chi connectivity index (χ2v) is 7.58. The second-order valence-electron chi connectivity index (χ2n) is 7.58. The van der Waals surface area contributed by atoms with Crippen molar-refractivity contribution in [2.75, 3.05) is 13.2 Å². The topological polar surface area (TPSA) is 69.3 Å². The highest BCUT2D eigenvalue weighted by molar-refractivity contribution is 6.02. The standard InChI is InChI=1S/C20H22F3N3O3/c21-20(22,23)11-29-10-13-1-3-14(4-2-13)26-8-6-17(28)16-9-24-19-15(18(16)26)5-7-25(19)12-27/h5-9,13-14,27H,1-4,10-12H2/t13-,14-. The van der Waals surface area contributed by atoms with Gasteiger partial charge in [-0.05, 0) is 37.7 Å².